The van der Waals surface area contributed by atoms with Gasteiger partial charge in [-0.05, 0) is 18.6 Å². The predicted octanol–water partition coefficient (Wildman–Crippen LogP) is 3.24. The molecule has 0 saturated carbocycles. The van der Waals surface area contributed by atoms with Gasteiger partial charge < -0.3 is 19.4 Å². The lowest BCUT2D eigenvalue weighted by Crippen LogP contribution is -2.51. The first-order valence-electron chi connectivity index (χ1n) is 7.98. The number of likely N-dealkylation sites (tertiary alicyclic amines) is 1. The summed E-state index contributed by atoms with van der Waals surface area (Å²) in [6, 6.07) is 3.33. The van der Waals surface area contributed by atoms with Crippen molar-refractivity contribution in [3.63, 3.8) is 0 Å². The van der Waals surface area contributed by atoms with Crippen LogP contribution in [0.4, 0.5) is 0 Å². The molecule has 3 heterocycles. The number of nitrogens with one attached hydrogen (secondary N) is 1. The number of piperidine rings is 1. The molecule has 1 amide bonds. The first-order valence-corrected chi connectivity index (χ1v) is 8.74. The third-order valence-corrected chi connectivity index (χ3v) is 5.28. The summed E-state index contributed by atoms with van der Waals surface area (Å²) in [6.07, 6.45) is 2.28. The molecule has 1 spiro atoms. The van der Waals surface area contributed by atoms with Gasteiger partial charge in [-0.3, -0.25) is 4.79 Å². The van der Waals surface area contributed by atoms with Crippen LogP contribution < -0.4 is 0 Å². The number of fused-ring (bicyclic) bond motifs is 1. The van der Waals surface area contributed by atoms with Gasteiger partial charge in [-0.15, -0.1) is 0 Å². The molecule has 1 N–H and O–H groups in total. The van der Waals surface area contributed by atoms with Crippen LogP contribution in [0.2, 0.25) is 10.0 Å². The van der Waals surface area contributed by atoms with Gasteiger partial charge in [-0.25, -0.2) is 4.98 Å². The van der Waals surface area contributed by atoms with Gasteiger partial charge in [0.05, 0.1) is 34.3 Å². The number of ether oxygens (including phenoxy) is 2. The molecule has 2 saturated heterocycles. The van der Waals surface area contributed by atoms with Gasteiger partial charge in [-0.2, -0.15) is 0 Å². The quantitative estimate of drug-likeness (QED) is 0.837. The van der Waals surface area contributed by atoms with Crippen molar-refractivity contribution >= 4 is 40.1 Å². The Balaban J connectivity index is 1.50. The Morgan fingerprint density at radius 3 is 2.54 bits per heavy atom. The minimum atomic E-state index is -0.510. The fourth-order valence-corrected chi connectivity index (χ4v) is 3.53. The second-order valence-electron chi connectivity index (χ2n) is 6.12. The number of benzene rings is 1. The van der Waals surface area contributed by atoms with Crippen LogP contribution in [0.1, 0.15) is 29.9 Å². The van der Waals surface area contributed by atoms with E-state index in [0.717, 1.165) is 19.6 Å². The highest BCUT2D eigenvalue weighted by Crippen LogP contribution is 2.31. The second kappa shape index (κ2) is 6.19. The molecule has 0 aliphatic carbocycles. The summed E-state index contributed by atoms with van der Waals surface area (Å²) < 4.78 is 11.6. The smallest absolute Gasteiger partial charge is 0.289 e. The molecule has 8 heteroatoms. The summed E-state index contributed by atoms with van der Waals surface area (Å²) in [6.45, 7) is 2.60. The van der Waals surface area contributed by atoms with Crippen LogP contribution in [0.15, 0.2) is 12.1 Å². The lowest BCUT2D eigenvalue weighted by Gasteiger charge is -2.43. The molecule has 2 aromatic rings. The van der Waals surface area contributed by atoms with E-state index in [-0.39, 0.29) is 5.91 Å². The fourth-order valence-electron chi connectivity index (χ4n) is 3.21. The average Bonchev–Trinajstić information content (AvgIpc) is 2.99. The highest BCUT2D eigenvalue weighted by atomic mass is 35.5. The standard InChI is InChI=1S/C16H17Cl2N3O3/c17-10-8-12-13(9-11(10)18)20-14(19-12)15(22)21-4-2-16(3-5-21)23-6-1-7-24-16/h8-9H,1-7H2,(H,19,20). The van der Waals surface area contributed by atoms with E-state index in [2.05, 4.69) is 9.97 Å². The number of amides is 1. The molecule has 6 nitrogen and oxygen atoms in total. The van der Waals surface area contributed by atoms with Crippen molar-refractivity contribution in [1.82, 2.24) is 14.9 Å². The Kier molecular flexibility index (Phi) is 4.16. The predicted molar refractivity (Wildman–Crippen MR) is 90.5 cm³/mol. The number of hydrogen-bond donors (Lipinski definition) is 1. The van der Waals surface area contributed by atoms with E-state index in [1.54, 1.807) is 17.0 Å². The third-order valence-electron chi connectivity index (χ3n) is 4.56. The molecule has 4 rings (SSSR count). The summed E-state index contributed by atoms with van der Waals surface area (Å²) in [5.41, 5.74) is 1.32. The summed E-state index contributed by atoms with van der Waals surface area (Å²) >= 11 is 12.0. The summed E-state index contributed by atoms with van der Waals surface area (Å²) in [5, 5.41) is 0.847. The topological polar surface area (TPSA) is 67.5 Å². The Morgan fingerprint density at radius 1 is 1.17 bits per heavy atom. The number of nitrogens with zero attached hydrogens (tertiary/aromatic N) is 2. The normalized spacial score (nSPS) is 20.7. The Bertz CT molecular complexity index is 737. The van der Waals surface area contributed by atoms with Gasteiger partial charge in [0, 0.05) is 25.9 Å². The van der Waals surface area contributed by atoms with E-state index in [1.165, 1.54) is 0 Å². The molecule has 0 bridgehead atoms. The molecule has 0 unspecified atom stereocenters. The van der Waals surface area contributed by atoms with Crippen molar-refractivity contribution in [2.45, 2.75) is 25.0 Å². The molecule has 2 aliphatic heterocycles. The molecule has 1 aromatic carbocycles. The molecule has 2 aliphatic rings. The number of rotatable bonds is 1. The van der Waals surface area contributed by atoms with Gasteiger partial charge in [0.2, 0.25) is 0 Å². The van der Waals surface area contributed by atoms with Crippen LogP contribution in [-0.2, 0) is 9.47 Å². The van der Waals surface area contributed by atoms with Crippen LogP contribution in [0, 0.1) is 0 Å². The largest absolute Gasteiger partial charge is 0.350 e. The van der Waals surface area contributed by atoms with Crippen LogP contribution in [0.5, 0.6) is 0 Å². The van der Waals surface area contributed by atoms with Crippen molar-refractivity contribution in [2.75, 3.05) is 26.3 Å². The number of hydrogen-bond acceptors (Lipinski definition) is 4. The molecule has 24 heavy (non-hydrogen) atoms. The number of imidazole rings is 1. The maximum absolute atomic E-state index is 12.7. The maximum atomic E-state index is 12.7. The van der Waals surface area contributed by atoms with Crippen molar-refractivity contribution in [1.29, 1.82) is 0 Å². The van der Waals surface area contributed by atoms with Crippen LogP contribution in [0.25, 0.3) is 11.0 Å². The Hall–Kier alpha value is -1.34. The van der Waals surface area contributed by atoms with Gasteiger partial charge in [0.25, 0.3) is 5.91 Å². The second-order valence-corrected chi connectivity index (χ2v) is 6.94. The van der Waals surface area contributed by atoms with E-state index in [1.807, 2.05) is 0 Å². The zero-order valence-electron chi connectivity index (χ0n) is 13.0. The highest BCUT2D eigenvalue weighted by molar-refractivity contribution is 6.42. The number of halogens is 2. The lowest BCUT2D eigenvalue weighted by molar-refractivity contribution is -0.281. The van der Waals surface area contributed by atoms with Crippen LogP contribution >= 0.6 is 23.2 Å². The summed E-state index contributed by atoms with van der Waals surface area (Å²) in [5.74, 6) is -0.349. The number of carbonyl (C=O) groups excluding carboxylic acids is 1. The molecular formula is C16H17Cl2N3O3. The van der Waals surface area contributed by atoms with Crippen LogP contribution in [-0.4, -0.2) is 52.9 Å². The third kappa shape index (κ3) is 2.88. The van der Waals surface area contributed by atoms with Crippen molar-refractivity contribution < 1.29 is 14.3 Å². The molecule has 2 fully saturated rings. The average molecular weight is 370 g/mol. The maximum Gasteiger partial charge on any atom is 0.289 e. The molecule has 128 valence electrons. The molecule has 0 atom stereocenters. The monoisotopic (exact) mass is 369 g/mol. The minimum absolute atomic E-state index is 0.135. The SMILES string of the molecule is O=C(c1nc2cc(Cl)c(Cl)cc2[nH]1)N1CCC2(CC1)OCCCO2. The highest BCUT2D eigenvalue weighted by Gasteiger charge is 2.39. The number of aromatic nitrogens is 2. The first-order chi connectivity index (χ1) is 11.6. The van der Waals surface area contributed by atoms with Crippen molar-refractivity contribution in [3.8, 4) is 0 Å². The zero-order chi connectivity index (χ0) is 16.7. The van der Waals surface area contributed by atoms with Gasteiger partial charge in [-0.1, -0.05) is 23.2 Å². The van der Waals surface area contributed by atoms with Gasteiger partial charge in [0.1, 0.15) is 0 Å². The van der Waals surface area contributed by atoms with E-state index in [0.29, 0.717) is 52.8 Å². The van der Waals surface area contributed by atoms with Crippen LogP contribution in [0.3, 0.4) is 0 Å². The van der Waals surface area contributed by atoms with E-state index < -0.39 is 5.79 Å². The Morgan fingerprint density at radius 2 is 1.83 bits per heavy atom. The first kappa shape index (κ1) is 16.1. The Labute approximate surface area is 149 Å². The van der Waals surface area contributed by atoms with E-state index in [4.69, 9.17) is 32.7 Å². The summed E-state index contributed by atoms with van der Waals surface area (Å²) in [4.78, 5) is 21.8. The lowest BCUT2D eigenvalue weighted by atomic mass is 10.0. The zero-order valence-corrected chi connectivity index (χ0v) is 14.5. The number of H-pyrrole nitrogens is 1. The number of carbonyl (C=O) groups is 1. The van der Waals surface area contributed by atoms with Crippen molar-refractivity contribution in [2.24, 2.45) is 0 Å². The van der Waals surface area contributed by atoms with Gasteiger partial charge in [0.15, 0.2) is 11.6 Å². The minimum Gasteiger partial charge on any atom is -0.350 e. The summed E-state index contributed by atoms with van der Waals surface area (Å²) in [7, 11) is 0. The number of aromatic amines is 1. The van der Waals surface area contributed by atoms with Crippen molar-refractivity contribution in [3.05, 3.63) is 28.0 Å². The molecular weight excluding hydrogens is 353 g/mol. The van der Waals surface area contributed by atoms with E-state index >= 15 is 0 Å². The van der Waals surface area contributed by atoms with Gasteiger partial charge >= 0.3 is 0 Å². The molecule has 0 radical (unpaired) electrons. The molecule has 1 aromatic heterocycles. The van der Waals surface area contributed by atoms with E-state index in [9.17, 15) is 4.79 Å². The fraction of sp³-hybridized carbons (Fsp3) is 0.500.